The van der Waals surface area contributed by atoms with Crippen molar-refractivity contribution in [1.82, 2.24) is 15.5 Å². The summed E-state index contributed by atoms with van der Waals surface area (Å²) in [5, 5.41) is 34.0. The molecule has 4 atom stereocenters. The Kier molecular flexibility index (Phi) is 11.5. The van der Waals surface area contributed by atoms with Crippen molar-refractivity contribution in [3.8, 4) is 11.5 Å². The second kappa shape index (κ2) is 15.0. The van der Waals surface area contributed by atoms with E-state index in [1.54, 1.807) is 24.3 Å². The molecule has 222 valence electrons. The lowest BCUT2D eigenvalue weighted by Gasteiger charge is -2.30. The molecule has 12 nitrogen and oxygen atoms in total. The third-order valence-electron chi connectivity index (χ3n) is 7.12. The number of carboxylic acids is 1. The van der Waals surface area contributed by atoms with Crippen LogP contribution in [-0.4, -0.2) is 81.2 Å². The standard InChI is InChI=1S/C29H39N5O7/c30-14-2-1-4-23(32-26(37)22(31)16-18-6-10-20(35)11-7-18)28(39)34-15-3-5-25(34)27(38)33-24(29(40)41)17-19-8-12-21(36)13-9-19/h6-13,22-25,35-36H,1-5,14-17,30-31H2,(H,32,37)(H,33,38)(H,40,41). The van der Waals surface area contributed by atoms with Crippen molar-refractivity contribution < 1.29 is 34.5 Å². The second-order valence-electron chi connectivity index (χ2n) is 10.3. The lowest BCUT2D eigenvalue weighted by Crippen LogP contribution is -2.57. The lowest BCUT2D eigenvalue weighted by atomic mass is 10.0. The summed E-state index contributed by atoms with van der Waals surface area (Å²) in [6.07, 6.45) is 2.60. The highest BCUT2D eigenvalue weighted by molar-refractivity contribution is 5.94. The van der Waals surface area contributed by atoms with Crippen molar-refractivity contribution >= 4 is 23.7 Å². The van der Waals surface area contributed by atoms with Crippen LogP contribution < -0.4 is 22.1 Å². The Balaban J connectivity index is 1.68. The lowest BCUT2D eigenvalue weighted by molar-refractivity contribution is -0.145. The number of nitrogens with one attached hydrogen (secondary N) is 2. The Labute approximate surface area is 238 Å². The first-order valence-corrected chi connectivity index (χ1v) is 13.7. The molecule has 4 unspecified atom stereocenters. The van der Waals surface area contributed by atoms with Crippen LogP contribution in [-0.2, 0) is 32.0 Å². The number of phenols is 2. The zero-order valence-corrected chi connectivity index (χ0v) is 22.9. The van der Waals surface area contributed by atoms with Crippen molar-refractivity contribution in [3.63, 3.8) is 0 Å². The fourth-order valence-corrected chi connectivity index (χ4v) is 4.85. The smallest absolute Gasteiger partial charge is 0.326 e. The number of aromatic hydroxyl groups is 2. The monoisotopic (exact) mass is 569 g/mol. The van der Waals surface area contributed by atoms with Gasteiger partial charge in [-0.2, -0.15) is 0 Å². The Morgan fingerprint density at radius 3 is 2.02 bits per heavy atom. The molecule has 1 aliphatic heterocycles. The van der Waals surface area contributed by atoms with Gasteiger partial charge in [-0.3, -0.25) is 14.4 Å². The summed E-state index contributed by atoms with van der Waals surface area (Å²) in [5.74, 6) is -2.63. The molecule has 0 radical (unpaired) electrons. The third kappa shape index (κ3) is 9.19. The van der Waals surface area contributed by atoms with Gasteiger partial charge in [-0.1, -0.05) is 24.3 Å². The largest absolute Gasteiger partial charge is 0.508 e. The summed E-state index contributed by atoms with van der Waals surface area (Å²) < 4.78 is 0. The van der Waals surface area contributed by atoms with Crippen molar-refractivity contribution in [2.75, 3.05) is 13.1 Å². The first-order chi connectivity index (χ1) is 19.6. The molecule has 0 saturated carbocycles. The molecule has 2 aromatic rings. The minimum absolute atomic E-state index is 0.00128. The maximum absolute atomic E-state index is 13.6. The number of nitrogens with zero attached hydrogens (tertiary/aromatic N) is 1. The van der Waals surface area contributed by atoms with Gasteiger partial charge in [0.25, 0.3) is 0 Å². The van der Waals surface area contributed by atoms with Gasteiger partial charge in [0, 0.05) is 13.0 Å². The molecular formula is C29H39N5O7. The van der Waals surface area contributed by atoms with Crippen LogP contribution in [0, 0.1) is 0 Å². The van der Waals surface area contributed by atoms with Gasteiger partial charge in [0.1, 0.15) is 29.6 Å². The van der Waals surface area contributed by atoms with Crippen LogP contribution in [0.25, 0.3) is 0 Å². The highest BCUT2D eigenvalue weighted by Gasteiger charge is 2.39. The van der Waals surface area contributed by atoms with E-state index in [1.807, 2.05) is 0 Å². The average Bonchev–Trinajstić information content (AvgIpc) is 3.44. The number of unbranched alkanes of at least 4 members (excludes halogenated alkanes) is 1. The highest BCUT2D eigenvalue weighted by Crippen LogP contribution is 2.21. The van der Waals surface area contributed by atoms with Crippen LogP contribution in [0.4, 0.5) is 0 Å². The Morgan fingerprint density at radius 1 is 0.878 bits per heavy atom. The van der Waals surface area contributed by atoms with Gasteiger partial charge in [-0.25, -0.2) is 4.79 Å². The Bertz CT molecular complexity index is 1190. The fourth-order valence-electron chi connectivity index (χ4n) is 4.85. The molecule has 9 N–H and O–H groups in total. The number of hydrogen-bond acceptors (Lipinski definition) is 8. The summed E-state index contributed by atoms with van der Waals surface area (Å²) in [5.41, 5.74) is 13.1. The minimum atomic E-state index is -1.23. The van der Waals surface area contributed by atoms with Crippen LogP contribution in [0.3, 0.4) is 0 Å². The summed E-state index contributed by atoms with van der Waals surface area (Å²) >= 11 is 0. The third-order valence-corrected chi connectivity index (χ3v) is 7.12. The molecule has 2 aromatic carbocycles. The number of benzene rings is 2. The number of amides is 3. The number of rotatable bonds is 14. The van der Waals surface area contributed by atoms with Gasteiger partial charge >= 0.3 is 5.97 Å². The molecule has 1 aliphatic rings. The maximum atomic E-state index is 13.6. The summed E-state index contributed by atoms with van der Waals surface area (Å²) in [6, 6.07) is 8.33. The van der Waals surface area contributed by atoms with E-state index in [2.05, 4.69) is 10.6 Å². The predicted molar refractivity (Wildman–Crippen MR) is 151 cm³/mol. The van der Waals surface area contributed by atoms with Crippen LogP contribution in [0.5, 0.6) is 11.5 Å². The molecule has 0 aromatic heterocycles. The summed E-state index contributed by atoms with van der Waals surface area (Å²) in [6.45, 7) is 0.705. The average molecular weight is 570 g/mol. The topological polar surface area (TPSA) is 208 Å². The van der Waals surface area contributed by atoms with Crippen molar-refractivity contribution in [1.29, 1.82) is 0 Å². The fraction of sp³-hybridized carbons (Fsp3) is 0.448. The van der Waals surface area contributed by atoms with Crippen LogP contribution in [0.15, 0.2) is 48.5 Å². The van der Waals surface area contributed by atoms with Gasteiger partial charge in [-0.15, -0.1) is 0 Å². The van der Waals surface area contributed by atoms with E-state index >= 15 is 0 Å². The van der Waals surface area contributed by atoms with Gasteiger partial charge in [0.2, 0.25) is 17.7 Å². The SMILES string of the molecule is NCCCCC(NC(=O)C(N)Cc1ccc(O)cc1)C(=O)N1CCCC1C(=O)NC(Cc1ccc(O)cc1)C(=O)O. The predicted octanol–water partition coefficient (Wildman–Crippen LogP) is 0.385. The van der Waals surface area contributed by atoms with E-state index < -0.39 is 47.9 Å². The first kappa shape index (κ1) is 31.4. The molecule has 1 fully saturated rings. The normalized spacial score (nSPS) is 16.9. The van der Waals surface area contributed by atoms with Crippen LogP contribution in [0.2, 0.25) is 0 Å². The number of aliphatic carboxylic acids is 1. The zero-order valence-electron chi connectivity index (χ0n) is 22.9. The van der Waals surface area contributed by atoms with Crippen molar-refractivity contribution in [2.24, 2.45) is 11.5 Å². The summed E-state index contributed by atoms with van der Waals surface area (Å²) in [4.78, 5) is 53.1. The summed E-state index contributed by atoms with van der Waals surface area (Å²) in [7, 11) is 0. The van der Waals surface area contributed by atoms with E-state index in [0.29, 0.717) is 44.2 Å². The van der Waals surface area contributed by atoms with E-state index in [1.165, 1.54) is 29.2 Å². The number of likely N-dealkylation sites (tertiary alicyclic amines) is 1. The first-order valence-electron chi connectivity index (χ1n) is 13.7. The molecule has 12 heteroatoms. The molecule has 0 aliphatic carbocycles. The number of carbonyl (C=O) groups excluding carboxylic acids is 3. The van der Waals surface area contributed by atoms with E-state index in [9.17, 15) is 34.5 Å². The van der Waals surface area contributed by atoms with Gasteiger partial charge in [0.15, 0.2) is 0 Å². The number of nitrogens with two attached hydrogens (primary N) is 2. The van der Waals surface area contributed by atoms with Gasteiger partial charge < -0.3 is 42.3 Å². The van der Waals surface area contributed by atoms with Crippen molar-refractivity contribution in [3.05, 3.63) is 59.7 Å². The van der Waals surface area contributed by atoms with E-state index in [0.717, 1.165) is 5.56 Å². The van der Waals surface area contributed by atoms with Gasteiger partial charge in [0.05, 0.1) is 6.04 Å². The van der Waals surface area contributed by atoms with Crippen molar-refractivity contribution in [2.45, 2.75) is 69.1 Å². The number of carboxylic acid groups (broad SMARTS) is 1. The molecule has 1 heterocycles. The second-order valence-corrected chi connectivity index (χ2v) is 10.3. The molecular weight excluding hydrogens is 530 g/mol. The van der Waals surface area contributed by atoms with Crippen LogP contribution in [0.1, 0.15) is 43.2 Å². The van der Waals surface area contributed by atoms with Gasteiger partial charge in [-0.05, 0) is 80.5 Å². The maximum Gasteiger partial charge on any atom is 0.326 e. The minimum Gasteiger partial charge on any atom is -0.508 e. The number of hydrogen-bond donors (Lipinski definition) is 7. The quantitative estimate of drug-likeness (QED) is 0.157. The molecule has 0 spiro atoms. The number of phenolic OH excluding ortho intramolecular Hbond substituents is 2. The van der Waals surface area contributed by atoms with E-state index in [4.69, 9.17) is 11.5 Å². The molecule has 1 saturated heterocycles. The zero-order chi connectivity index (χ0) is 29.9. The molecule has 3 rings (SSSR count). The number of carbonyl (C=O) groups is 4. The molecule has 41 heavy (non-hydrogen) atoms. The Morgan fingerprint density at radius 2 is 1.46 bits per heavy atom. The van der Waals surface area contributed by atoms with Crippen LogP contribution >= 0.6 is 0 Å². The Hall–Kier alpha value is -4.16. The van der Waals surface area contributed by atoms with E-state index in [-0.39, 0.29) is 30.9 Å². The highest BCUT2D eigenvalue weighted by atomic mass is 16.4. The molecule has 0 bridgehead atoms. The molecule has 3 amide bonds.